The van der Waals surface area contributed by atoms with Crippen molar-refractivity contribution >= 4 is 15.7 Å². The summed E-state index contributed by atoms with van der Waals surface area (Å²) in [6, 6.07) is 6.36. The summed E-state index contributed by atoms with van der Waals surface area (Å²) in [6.45, 7) is 0. The highest BCUT2D eigenvalue weighted by molar-refractivity contribution is 7.93. The molecule has 88 valence electrons. The van der Waals surface area contributed by atoms with Gasteiger partial charge in [-0.3, -0.25) is 4.72 Å². The van der Waals surface area contributed by atoms with E-state index in [0.717, 1.165) is 12.8 Å². The van der Waals surface area contributed by atoms with Crippen LogP contribution < -0.4 is 4.72 Å². The molecule has 0 aromatic heterocycles. The molecular formula is C11H15NO3S. The topological polar surface area (TPSA) is 66.4 Å². The molecule has 1 aliphatic carbocycles. The van der Waals surface area contributed by atoms with Crippen LogP contribution >= 0.6 is 0 Å². The highest BCUT2D eigenvalue weighted by Gasteiger charge is 2.28. The summed E-state index contributed by atoms with van der Waals surface area (Å²) in [5, 5.41) is 9.18. The molecule has 1 aromatic rings. The molecule has 4 nitrogen and oxygen atoms in total. The van der Waals surface area contributed by atoms with E-state index < -0.39 is 10.0 Å². The highest BCUT2D eigenvalue weighted by atomic mass is 32.2. The number of benzene rings is 1. The Hall–Kier alpha value is -1.23. The number of nitrogens with one attached hydrogen (secondary N) is 1. The Kier molecular flexibility index (Phi) is 3.05. The van der Waals surface area contributed by atoms with E-state index >= 15 is 0 Å². The fourth-order valence-electron chi connectivity index (χ4n) is 2.00. The molecule has 0 saturated heterocycles. The maximum Gasteiger partial charge on any atom is 0.235 e. The number of rotatable bonds is 3. The van der Waals surface area contributed by atoms with E-state index in [2.05, 4.69) is 4.72 Å². The molecule has 1 fully saturated rings. The Morgan fingerprint density at radius 1 is 1.19 bits per heavy atom. The Morgan fingerprint density at radius 3 is 2.44 bits per heavy atom. The van der Waals surface area contributed by atoms with Crippen LogP contribution in [0.3, 0.4) is 0 Å². The molecule has 0 bridgehead atoms. The van der Waals surface area contributed by atoms with E-state index in [1.807, 2.05) is 0 Å². The zero-order chi connectivity index (χ0) is 11.6. The van der Waals surface area contributed by atoms with Crippen LogP contribution in [0, 0.1) is 0 Å². The fraction of sp³-hybridized carbons (Fsp3) is 0.455. The molecule has 0 radical (unpaired) electrons. The molecule has 2 N–H and O–H groups in total. The van der Waals surface area contributed by atoms with Crippen LogP contribution in [0.2, 0.25) is 0 Å². The van der Waals surface area contributed by atoms with Crippen molar-refractivity contribution in [1.29, 1.82) is 0 Å². The molecule has 1 saturated carbocycles. The van der Waals surface area contributed by atoms with Crippen molar-refractivity contribution in [2.75, 3.05) is 4.72 Å². The largest absolute Gasteiger partial charge is 0.506 e. The Bertz CT molecular complexity index is 464. The fourth-order valence-corrected chi connectivity index (χ4v) is 3.59. The van der Waals surface area contributed by atoms with Gasteiger partial charge in [-0.05, 0) is 25.0 Å². The van der Waals surface area contributed by atoms with Gasteiger partial charge in [0, 0.05) is 0 Å². The summed E-state index contributed by atoms with van der Waals surface area (Å²) >= 11 is 0. The number of hydrogen-bond donors (Lipinski definition) is 2. The number of anilines is 1. The summed E-state index contributed by atoms with van der Waals surface area (Å²) in [5.74, 6) is -0.0379. The van der Waals surface area contributed by atoms with Gasteiger partial charge in [-0.25, -0.2) is 8.42 Å². The minimum absolute atomic E-state index is 0.0379. The van der Waals surface area contributed by atoms with E-state index in [0.29, 0.717) is 12.8 Å². The molecule has 2 rings (SSSR count). The van der Waals surface area contributed by atoms with Crippen LogP contribution in [-0.4, -0.2) is 18.8 Å². The number of phenols is 1. The lowest BCUT2D eigenvalue weighted by Gasteiger charge is -2.13. The normalized spacial score (nSPS) is 17.5. The third kappa shape index (κ3) is 2.29. The Labute approximate surface area is 95.4 Å². The van der Waals surface area contributed by atoms with Crippen molar-refractivity contribution in [1.82, 2.24) is 0 Å². The lowest BCUT2D eigenvalue weighted by molar-refractivity contribution is 0.477. The van der Waals surface area contributed by atoms with Gasteiger partial charge in [-0.1, -0.05) is 25.0 Å². The molecule has 5 heteroatoms. The van der Waals surface area contributed by atoms with Crippen molar-refractivity contribution in [2.24, 2.45) is 0 Å². The molecule has 16 heavy (non-hydrogen) atoms. The maximum absolute atomic E-state index is 11.9. The van der Waals surface area contributed by atoms with Gasteiger partial charge in [0.15, 0.2) is 0 Å². The maximum atomic E-state index is 11.9. The third-order valence-corrected chi connectivity index (χ3v) is 4.75. The van der Waals surface area contributed by atoms with Gasteiger partial charge in [0.1, 0.15) is 5.75 Å². The first-order valence-electron chi connectivity index (χ1n) is 5.39. The summed E-state index contributed by atoms with van der Waals surface area (Å²) in [6.07, 6.45) is 3.35. The average molecular weight is 241 g/mol. The predicted octanol–water partition coefficient (Wildman–Crippen LogP) is 2.08. The van der Waals surface area contributed by atoms with Gasteiger partial charge in [-0.15, -0.1) is 0 Å². The average Bonchev–Trinajstić information content (AvgIpc) is 2.75. The van der Waals surface area contributed by atoms with Crippen LogP contribution in [0.4, 0.5) is 5.69 Å². The van der Waals surface area contributed by atoms with Gasteiger partial charge < -0.3 is 5.11 Å². The standard InChI is InChI=1S/C11H15NO3S/c13-11-8-4-3-7-10(11)12-16(14,15)9-5-1-2-6-9/h3-4,7-9,12-13H,1-2,5-6H2. The van der Waals surface area contributed by atoms with E-state index in [-0.39, 0.29) is 16.7 Å². The third-order valence-electron chi connectivity index (χ3n) is 2.90. The van der Waals surface area contributed by atoms with E-state index in [4.69, 9.17) is 0 Å². The van der Waals surface area contributed by atoms with Gasteiger partial charge in [0.05, 0.1) is 10.9 Å². The number of phenolic OH excluding ortho intramolecular Hbond substituents is 1. The second-order valence-electron chi connectivity index (χ2n) is 4.07. The second kappa shape index (κ2) is 4.33. The van der Waals surface area contributed by atoms with Crippen molar-refractivity contribution in [3.8, 4) is 5.75 Å². The highest BCUT2D eigenvalue weighted by Crippen LogP contribution is 2.29. The monoisotopic (exact) mass is 241 g/mol. The number of para-hydroxylation sites is 2. The zero-order valence-electron chi connectivity index (χ0n) is 8.89. The number of sulfonamides is 1. The van der Waals surface area contributed by atoms with Crippen molar-refractivity contribution in [3.05, 3.63) is 24.3 Å². The molecule has 0 atom stereocenters. The first-order chi connectivity index (χ1) is 7.59. The lowest BCUT2D eigenvalue weighted by atomic mass is 10.3. The van der Waals surface area contributed by atoms with Crippen LogP contribution in [0.5, 0.6) is 5.75 Å². The Balaban J connectivity index is 2.18. The minimum Gasteiger partial charge on any atom is -0.506 e. The molecule has 0 heterocycles. The van der Waals surface area contributed by atoms with Crippen LogP contribution in [0.1, 0.15) is 25.7 Å². The van der Waals surface area contributed by atoms with Gasteiger partial charge in [0.2, 0.25) is 10.0 Å². The van der Waals surface area contributed by atoms with E-state index in [9.17, 15) is 13.5 Å². The molecule has 0 amide bonds. The van der Waals surface area contributed by atoms with Crippen LogP contribution in [0.25, 0.3) is 0 Å². The molecule has 1 aromatic carbocycles. The van der Waals surface area contributed by atoms with Crippen molar-refractivity contribution in [2.45, 2.75) is 30.9 Å². The number of aromatic hydroxyl groups is 1. The van der Waals surface area contributed by atoms with Crippen molar-refractivity contribution in [3.63, 3.8) is 0 Å². The summed E-state index contributed by atoms with van der Waals surface area (Å²) in [7, 11) is -3.35. The zero-order valence-corrected chi connectivity index (χ0v) is 9.70. The van der Waals surface area contributed by atoms with Crippen LogP contribution in [0.15, 0.2) is 24.3 Å². The SMILES string of the molecule is O=S(=O)(Nc1ccccc1O)C1CCCC1. The van der Waals surface area contributed by atoms with Crippen molar-refractivity contribution < 1.29 is 13.5 Å². The molecule has 0 spiro atoms. The predicted molar refractivity (Wildman–Crippen MR) is 62.9 cm³/mol. The summed E-state index contributed by atoms with van der Waals surface area (Å²) < 4.78 is 26.3. The van der Waals surface area contributed by atoms with Gasteiger partial charge in [-0.2, -0.15) is 0 Å². The van der Waals surface area contributed by atoms with Gasteiger partial charge >= 0.3 is 0 Å². The smallest absolute Gasteiger partial charge is 0.235 e. The number of hydrogen-bond acceptors (Lipinski definition) is 3. The van der Waals surface area contributed by atoms with Crippen LogP contribution in [-0.2, 0) is 10.0 Å². The van der Waals surface area contributed by atoms with E-state index in [1.165, 1.54) is 6.07 Å². The first-order valence-corrected chi connectivity index (χ1v) is 6.94. The first kappa shape index (κ1) is 11.3. The summed E-state index contributed by atoms with van der Waals surface area (Å²) in [4.78, 5) is 0. The lowest BCUT2D eigenvalue weighted by Crippen LogP contribution is -2.25. The molecule has 1 aliphatic rings. The molecular weight excluding hydrogens is 226 g/mol. The Morgan fingerprint density at radius 2 is 1.81 bits per heavy atom. The quantitative estimate of drug-likeness (QED) is 0.796. The summed E-state index contributed by atoms with van der Waals surface area (Å²) in [5.41, 5.74) is 0.259. The molecule has 0 unspecified atom stereocenters. The minimum atomic E-state index is -3.35. The second-order valence-corrected chi connectivity index (χ2v) is 6.03. The van der Waals surface area contributed by atoms with Gasteiger partial charge in [0.25, 0.3) is 0 Å². The van der Waals surface area contributed by atoms with E-state index in [1.54, 1.807) is 18.2 Å². The molecule has 0 aliphatic heterocycles.